The first-order valence-corrected chi connectivity index (χ1v) is 11.7. The average Bonchev–Trinajstić information content (AvgIpc) is 3.45. The Kier molecular flexibility index (Phi) is 4.82. The highest BCUT2D eigenvalue weighted by Gasteiger charge is 2.31. The van der Waals surface area contributed by atoms with E-state index in [-0.39, 0.29) is 5.16 Å². The van der Waals surface area contributed by atoms with Crippen LogP contribution in [0.5, 0.6) is 0 Å². The Hall–Kier alpha value is -2.72. The standard InChI is InChI=1S/C20H25N7O2S/c1-24-9-6-21-20(24)30(28,29)27-12-10-25(11-13-27)16-4-5-18-17(14-16)19(23-15-22-18)26-7-2-3-8-26/h4-6,9,14-15H,2-3,7-8,10-13H2,1H3. The van der Waals surface area contributed by atoms with E-state index in [1.165, 1.54) is 23.3 Å². The molecule has 5 rings (SSSR count). The van der Waals surface area contributed by atoms with Gasteiger partial charge in [0.1, 0.15) is 12.1 Å². The molecule has 2 fully saturated rings. The summed E-state index contributed by atoms with van der Waals surface area (Å²) in [5.41, 5.74) is 2.01. The van der Waals surface area contributed by atoms with Crippen molar-refractivity contribution in [3.63, 3.8) is 0 Å². The molecular formula is C20H25N7O2S. The average molecular weight is 428 g/mol. The van der Waals surface area contributed by atoms with Gasteiger partial charge in [0.15, 0.2) is 0 Å². The second-order valence-electron chi connectivity index (χ2n) is 7.80. The van der Waals surface area contributed by atoms with Gasteiger partial charge in [0, 0.05) is 69.8 Å². The third-order valence-corrected chi connectivity index (χ3v) is 7.85. The molecule has 0 radical (unpaired) electrons. The number of nitrogens with zero attached hydrogens (tertiary/aromatic N) is 7. The van der Waals surface area contributed by atoms with Crippen LogP contribution in [-0.2, 0) is 17.1 Å². The highest BCUT2D eigenvalue weighted by atomic mass is 32.2. The number of hydrogen-bond acceptors (Lipinski definition) is 7. The van der Waals surface area contributed by atoms with Crippen LogP contribution in [0.2, 0.25) is 0 Å². The summed E-state index contributed by atoms with van der Waals surface area (Å²) in [5.74, 6) is 0.996. The molecule has 0 atom stereocenters. The molecule has 158 valence electrons. The summed E-state index contributed by atoms with van der Waals surface area (Å²) in [6, 6.07) is 6.24. The van der Waals surface area contributed by atoms with Crippen LogP contribution in [0.4, 0.5) is 11.5 Å². The van der Waals surface area contributed by atoms with Gasteiger partial charge in [-0.05, 0) is 31.0 Å². The number of anilines is 2. The molecule has 2 aliphatic rings. The number of benzene rings is 1. The molecule has 10 heteroatoms. The molecule has 2 aliphatic heterocycles. The topological polar surface area (TPSA) is 87.5 Å². The Balaban J connectivity index is 1.37. The molecule has 3 aromatic rings. The van der Waals surface area contributed by atoms with E-state index in [1.54, 1.807) is 24.1 Å². The van der Waals surface area contributed by atoms with Crippen LogP contribution in [0.1, 0.15) is 12.8 Å². The lowest BCUT2D eigenvalue weighted by atomic mass is 10.1. The molecule has 0 N–H and O–H groups in total. The number of piperazine rings is 1. The van der Waals surface area contributed by atoms with Crippen molar-refractivity contribution in [3.8, 4) is 0 Å². The lowest BCUT2D eigenvalue weighted by Crippen LogP contribution is -2.49. The van der Waals surface area contributed by atoms with Gasteiger partial charge in [-0.2, -0.15) is 4.31 Å². The van der Waals surface area contributed by atoms with Crippen LogP contribution in [-0.4, -0.2) is 71.5 Å². The third kappa shape index (κ3) is 3.29. The summed E-state index contributed by atoms with van der Waals surface area (Å²) in [7, 11) is -1.88. The van der Waals surface area contributed by atoms with Gasteiger partial charge in [-0.1, -0.05) is 0 Å². The van der Waals surface area contributed by atoms with Crippen molar-refractivity contribution in [1.82, 2.24) is 23.8 Å². The molecule has 2 aromatic heterocycles. The summed E-state index contributed by atoms with van der Waals surface area (Å²) < 4.78 is 28.8. The summed E-state index contributed by atoms with van der Waals surface area (Å²) in [6.07, 6.45) is 7.18. The zero-order valence-corrected chi connectivity index (χ0v) is 17.8. The Labute approximate surface area is 176 Å². The maximum absolute atomic E-state index is 12.9. The van der Waals surface area contributed by atoms with E-state index in [9.17, 15) is 8.42 Å². The maximum atomic E-state index is 12.9. The van der Waals surface area contributed by atoms with Crippen molar-refractivity contribution in [2.45, 2.75) is 18.0 Å². The molecule has 0 saturated carbocycles. The minimum Gasteiger partial charge on any atom is -0.369 e. The van der Waals surface area contributed by atoms with E-state index in [4.69, 9.17) is 0 Å². The number of imidazole rings is 1. The zero-order valence-electron chi connectivity index (χ0n) is 17.0. The molecule has 4 heterocycles. The van der Waals surface area contributed by atoms with Gasteiger partial charge < -0.3 is 14.4 Å². The number of fused-ring (bicyclic) bond motifs is 1. The Morgan fingerprint density at radius 1 is 0.900 bits per heavy atom. The summed E-state index contributed by atoms with van der Waals surface area (Å²) in [4.78, 5) is 17.6. The quantitative estimate of drug-likeness (QED) is 0.623. The molecule has 0 unspecified atom stereocenters. The van der Waals surface area contributed by atoms with Crippen molar-refractivity contribution in [1.29, 1.82) is 0 Å². The SMILES string of the molecule is Cn1ccnc1S(=O)(=O)N1CCN(c2ccc3ncnc(N4CCCC4)c3c2)CC1. The number of rotatable bonds is 4. The molecule has 0 spiro atoms. The molecule has 1 aromatic carbocycles. The van der Waals surface area contributed by atoms with Crippen LogP contribution in [0.3, 0.4) is 0 Å². The second-order valence-corrected chi connectivity index (χ2v) is 9.64. The normalized spacial score (nSPS) is 18.4. The highest BCUT2D eigenvalue weighted by Crippen LogP contribution is 2.30. The molecule has 0 bridgehead atoms. The van der Waals surface area contributed by atoms with Crippen molar-refractivity contribution < 1.29 is 8.42 Å². The van der Waals surface area contributed by atoms with E-state index < -0.39 is 10.0 Å². The van der Waals surface area contributed by atoms with Crippen molar-refractivity contribution in [2.75, 3.05) is 49.1 Å². The summed E-state index contributed by atoms with van der Waals surface area (Å²) in [6.45, 7) is 4.17. The van der Waals surface area contributed by atoms with Gasteiger partial charge in [-0.25, -0.2) is 23.4 Å². The summed E-state index contributed by atoms with van der Waals surface area (Å²) >= 11 is 0. The first-order chi connectivity index (χ1) is 14.5. The molecule has 2 saturated heterocycles. The molecule has 9 nitrogen and oxygen atoms in total. The second kappa shape index (κ2) is 7.51. The third-order valence-electron chi connectivity index (χ3n) is 5.95. The number of aromatic nitrogens is 4. The predicted molar refractivity (Wildman–Crippen MR) is 115 cm³/mol. The van der Waals surface area contributed by atoms with Gasteiger partial charge in [-0.3, -0.25) is 0 Å². The largest absolute Gasteiger partial charge is 0.369 e. The summed E-state index contributed by atoms with van der Waals surface area (Å²) in [5, 5.41) is 1.15. The first-order valence-electron chi connectivity index (χ1n) is 10.3. The fourth-order valence-electron chi connectivity index (χ4n) is 4.31. The minimum absolute atomic E-state index is 0.0917. The van der Waals surface area contributed by atoms with Gasteiger partial charge in [0.05, 0.1) is 5.52 Å². The van der Waals surface area contributed by atoms with Crippen molar-refractivity contribution in [2.24, 2.45) is 7.05 Å². The van der Waals surface area contributed by atoms with E-state index in [0.717, 1.165) is 35.5 Å². The van der Waals surface area contributed by atoms with E-state index in [1.807, 2.05) is 6.07 Å². The fourth-order valence-corrected chi connectivity index (χ4v) is 5.81. The monoisotopic (exact) mass is 427 g/mol. The number of sulfonamides is 1. The van der Waals surface area contributed by atoms with E-state index >= 15 is 0 Å². The van der Waals surface area contributed by atoms with Crippen LogP contribution in [0.15, 0.2) is 42.1 Å². The van der Waals surface area contributed by atoms with E-state index in [2.05, 4.69) is 36.9 Å². The Morgan fingerprint density at radius 3 is 2.37 bits per heavy atom. The Morgan fingerprint density at radius 2 is 1.67 bits per heavy atom. The lowest BCUT2D eigenvalue weighted by Gasteiger charge is -2.35. The lowest BCUT2D eigenvalue weighted by molar-refractivity contribution is 0.380. The van der Waals surface area contributed by atoms with Crippen LogP contribution in [0.25, 0.3) is 10.9 Å². The minimum atomic E-state index is -3.58. The van der Waals surface area contributed by atoms with Gasteiger partial charge in [0.25, 0.3) is 10.0 Å². The van der Waals surface area contributed by atoms with E-state index in [0.29, 0.717) is 26.2 Å². The van der Waals surface area contributed by atoms with Crippen LogP contribution >= 0.6 is 0 Å². The highest BCUT2D eigenvalue weighted by molar-refractivity contribution is 7.89. The van der Waals surface area contributed by atoms with Crippen molar-refractivity contribution in [3.05, 3.63) is 36.9 Å². The van der Waals surface area contributed by atoms with Crippen LogP contribution in [0, 0.1) is 0 Å². The smallest absolute Gasteiger partial charge is 0.277 e. The predicted octanol–water partition coefficient (Wildman–Crippen LogP) is 1.47. The molecule has 0 amide bonds. The van der Waals surface area contributed by atoms with Gasteiger partial charge in [0.2, 0.25) is 5.16 Å². The van der Waals surface area contributed by atoms with Crippen LogP contribution < -0.4 is 9.80 Å². The zero-order chi connectivity index (χ0) is 20.7. The van der Waals surface area contributed by atoms with Gasteiger partial charge in [-0.15, -0.1) is 0 Å². The Bertz CT molecular complexity index is 1160. The fraction of sp³-hybridized carbons (Fsp3) is 0.450. The van der Waals surface area contributed by atoms with Gasteiger partial charge >= 0.3 is 0 Å². The number of aryl methyl sites for hydroxylation is 1. The molecule has 0 aliphatic carbocycles. The first kappa shape index (κ1) is 19.3. The molecular weight excluding hydrogens is 402 g/mol. The van der Waals surface area contributed by atoms with Crippen molar-refractivity contribution >= 4 is 32.4 Å². The number of hydrogen-bond donors (Lipinski definition) is 0. The molecule has 30 heavy (non-hydrogen) atoms. The maximum Gasteiger partial charge on any atom is 0.277 e.